The Hall–Kier alpha value is -5.06. The van der Waals surface area contributed by atoms with Gasteiger partial charge in [-0.25, -0.2) is 14.6 Å². The van der Waals surface area contributed by atoms with E-state index >= 15 is 0 Å². The Bertz CT molecular complexity index is 1560. The van der Waals surface area contributed by atoms with Crippen LogP contribution in [0.4, 0.5) is 5.82 Å². The summed E-state index contributed by atoms with van der Waals surface area (Å²) in [7, 11) is 0. The minimum atomic E-state index is -0.388. The lowest BCUT2D eigenvalue weighted by atomic mass is 10.1. The van der Waals surface area contributed by atoms with Gasteiger partial charge in [0.1, 0.15) is 11.3 Å². The standard InChI is InChI=1S/C25H21N7O4/c1-2-32-19-12-21(27-13-18(19)29-24(32)22-23(26)31-36-30-22)35-17-10-6-9-16(11-17)25(34)28-14-20(33)15-7-4-3-5-8-15/h3-13H,2,14H2,1H3,(H2,26,31)(H,28,34). The lowest BCUT2D eigenvalue weighted by Gasteiger charge is -2.09. The highest BCUT2D eigenvalue weighted by atomic mass is 16.6. The molecule has 0 bridgehead atoms. The monoisotopic (exact) mass is 483 g/mol. The van der Waals surface area contributed by atoms with Crippen LogP contribution in [0.3, 0.4) is 0 Å². The zero-order valence-electron chi connectivity index (χ0n) is 19.2. The number of Topliss-reactive ketones (excluding diaryl/α,β-unsaturated/α-hetero) is 1. The third kappa shape index (κ3) is 4.49. The first-order chi connectivity index (χ1) is 17.5. The first-order valence-electron chi connectivity index (χ1n) is 11.1. The lowest BCUT2D eigenvalue weighted by Crippen LogP contribution is -2.29. The Morgan fingerprint density at radius 3 is 2.61 bits per heavy atom. The zero-order valence-corrected chi connectivity index (χ0v) is 19.2. The maximum atomic E-state index is 12.6. The number of nitrogen functional groups attached to an aromatic ring is 1. The predicted molar refractivity (Wildman–Crippen MR) is 131 cm³/mol. The molecule has 0 aliphatic heterocycles. The smallest absolute Gasteiger partial charge is 0.251 e. The molecule has 0 aliphatic carbocycles. The van der Waals surface area contributed by atoms with Gasteiger partial charge < -0.3 is 20.4 Å². The van der Waals surface area contributed by atoms with Crippen LogP contribution in [0, 0.1) is 0 Å². The van der Waals surface area contributed by atoms with Gasteiger partial charge in [-0.1, -0.05) is 36.4 Å². The number of hydrogen-bond acceptors (Lipinski definition) is 9. The number of imidazole rings is 1. The van der Waals surface area contributed by atoms with Crippen LogP contribution in [0.5, 0.6) is 11.6 Å². The second-order valence-electron chi connectivity index (χ2n) is 7.79. The number of nitrogens with one attached hydrogen (secondary N) is 1. The summed E-state index contributed by atoms with van der Waals surface area (Å²) in [5, 5.41) is 10.1. The Kier molecular flexibility index (Phi) is 6.10. The van der Waals surface area contributed by atoms with Crippen LogP contribution in [-0.2, 0) is 6.54 Å². The summed E-state index contributed by atoms with van der Waals surface area (Å²) in [4.78, 5) is 33.8. The number of carbonyl (C=O) groups is 2. The quantitative estimate of drug-likeness (QED) is 0.316. The SMILES string of the molecule is CCn1c(-c2nonc2N)nc2cnc(Oc3cccc(C(=O)NCC(=O)c4ccccc4)c3)cc21. The van der Waals surface area contributed by atoms with E-state index in [1.54, 1.807) is 60.8 Å². The average Bonchev–Trinajstić information content (AvgIpc) is 3.49. The van der Waals surface area contributed by atoms with Crippen molar-refractivity contribution in [2.24, 2.45) is 0 Å². The summed E-state index contributed by atoms with van der Waals surface area (Å²) in [6, 6.07) is 17.1. The normalized spacial score (nSPS) is 10.9. The highest BCUT2D eigenvalue weighted by molar-refractivity contribution is 6.02. The van der Waals surface area contributed by atoms with Gasteiger partial charge in [-0.15, -0.1) is 0 Å². The first kappa shape index (κ1) is 22.7. The number of carbonyl (C=O) groups excluding carboxylic acids is 2. The van der Waals surface area contributed by atoms with E-state index in [0.29, 0.717) is 46.3 Å². The summed E-state index contributed by atoms with van der Waals surface area (Å²) in [6.45, 7) is 2.43. The number of fused-ring (bicyclic) bond motifs is 1. The lowest BCUT2D eigenvalue weighted by molar-refractivity contribution is 0.0904. The summed E-state index contributed by atoms with van der Waals surface area (Å²) in [5.74, 6) is 0.812. The summed E-state index contributed by atoms with van der Waals surface area (Å²) in [6.07, 6.45) is 1.58. The van der Waals surface area contributed by atoms with Gasteiger partial charge in [0.05, 0.1) is 18.3 Å². The molecule has 3 N–H and O–H groups in total. The number of ketones is 1. The van der Waals surface area contributed by atoms with Gasteiger partial charge in [-0.3, -0.25) is 9.59 Å². The van der Waals surface area contributed by atoms with E-state index in [1.165, 1.54) is 0 Å². The van der Waals surface area contributed by atoms with E-state index in [1.807, 2.05) is 17.6 Å². The molecule has 0 saturated heterocycles. The van der Waals surface area contributed by atoms with E-state index in [4.69, 9.17) is 15.1 Å². The van der Waals surface area contributed by atoms with Crippen molar-refractivity contribution in [3.05, 3.63) is 78.0 Å². The van der Waals surface area contributed by atoms with Crippen LogP contribution in [0.1, 0.15) is 27.6 Å². The maximum Gasteiger partial charge on any atom is 0.251 e. The maximum absolute atomic E-state index is 12.6. The number of pyridine rings is 1. The van der Waals surface area contributed by atoms with Crippen molar-refractivity contribution in [2.75, 3.05) is 12.3 Å². The number of amides is 1. The highest BCUT2D eigenvalue weighted by Gasteiger charge is 2.19. The van der Waals surface area contributed by atoms with Gasteiger partial charge >= 0.3 is 0 Å². The molecular formula is C25H21N7O4. The van der Waals surface area contributed by atoms with Crippen LogP contribution in [0.15, 0.2) is 71.5 Å². The fourth-order valence-corrected chi connectivity index (χ4v) is 3.73. The van der Waals surface area contributed by atoms with Gasteiger partial charge in [-0.2, -0.15) is 0 Å². The van der Waals surface area contributed by atoms with E-state index in [-0.39, 0.29) is 24.1 Å². The molecule has 0 spiro atoms. The molecule has 3 heterocycles. The molecular weight excluding hydrogens is 462 g/mol. The minimum absolute atomic E-state index is 0.110. The topological polar surface area (TPSA) is 151 Å². The molecule has 11 nitrogen and oxygen atoms in total. The fraction of sp³-hybridized carbons (Fsp3) is 0.120. The van der Waals surface area contributed by atoms with Crippen LogP contribution in [0.25, 0.3) is 22.6 Å². The molecule has 180 valence electrons. The number of aromatic nitrogens is 5. The molecule has 0 radical (unpaired) electrons. The Balaban J connectivity index is 1.33. The Morgan fingerprint density at radius 2 is 1.86 bits per heavy atom. The number of benzene rings is 2. The summed E-state index contributed by atoms with van der Waals surface area (Å²) < 4.78 is 12.5. The number of hydrogen-bond donors (Lipinski definition) is 2. The molecule has 0 fully saturated rings. The van der Waals surface area contributed by atoms with Crippen molar-refractivity contribution in [2.45, 2.75) is 13.5 Å². The molecule has 5 rings (SSSR count). The number of aryl methyl sites for hydroxylation is 1. The Morgan fingerprint density at radius 1 is 1.06 bits per heavy atom. The van der Waals surface area contributed by atoms with Crippen molar-refractivity contribution < 1.29 is 19.0 Å². The van der Waals surface area contributed by atoms with Crippen molar-refractivity contribution >= 4 is 28.5 Å². The third-order valence-corrected chi connectivity index (χ3v) is 5.48. The van der Waals surface area contributed by atoms with Crippen LogP contribution >= 0.6 is 0 Å². The molecule has 1 amide bonds. The predicted octanol–water partition coefficient (Wildman–Crippen LogP) is 3.49. The number of rotatable bonds is 8. The molecule has 11 heteroatoms. The molecule has 5 aromatic rings. The summed E-state index contributed by atoms with van der Waals surface area (Å²) >= 11 is 0. The van der Waals surface area contributed by atoms with Crippen LogP contribution in [0.2, 0.25) is 0 Å². The highest BCUT2D eigenvalue weighted by Crippen LogP contribution is 2.29. The average molecular weight is 483 g/mol. The molecule has 0 atom stereocenters. The summed E-state index contributed by atoms with van der Waals surface area (Å²) in [5.41, 5.74) is 8.46. The largest absolute Gasteiger partial charge is 0.439 e. The molecule has 0 saturated carbocycles. The van der Waals surface area contributed by atoms with Gasteiger partial charge in [0.2, 0.25) is 5.88 Å². The van der Waals surface area contributed by atoms with Crippen LogP contribution < -0.4 is 15.8 Å². The number of nitrogens with zero attached hydrogens (tertiary/aromatic N) is 5. The second kappa shape index (κ2) is 9.66. The van der Waals surface area contributed by atoms with Crippen molar-refractivity contribution in [1.29, 1.82) is 0 Å². The molecule has 3 aromatic heterocycles. The van der Waals surface area contributed by atoms with Gasteiger partial charge in [-0.05, 0) is 35.4 Å². The minimum Gasteiger partial charge on any atom is -0.439 e. The van der Waals surface area contributed by atoms with Crippen LogP contribution in [-0.4, -0.2) is 43.1 Å². The number of anilines is 1. The van der Waals surface area contributed by atoms with Crippen molar-refractivity contribution in [3.8, 4) is 23.1 Å². The molecule has 36 heavy (non-hydrogen) atoms. The fourth-order valence-electron chi connectivity index (χ4n) is 3.73. The Labute approximate surface area is 204 Å². The van der Waals surface area contributed by atoms with E-state index in [2.05, 4.69) is 25.6 Å². The van der Waals surface area contributed by atoms with Gasteiger partial charge in [0.25, 0.3) is 5.91 Å². The number of nitrogens with two attached hydrogens (primary N) is 1. The van der Waals surface area contributed by atoms with E-state index in [9.17, 15) is 9.59 Å². The first-order valence-corrected chi connectivity index (χ1v) is 11.1. The van der Waals surface area contributed by atoms with E-state index < -0.39 is 0 Å². The third-order valence-electron chi connectivity index (χ3n) is 5.48. The van der Waals surface area contributed by atoms with Gasteiger partial charge in [0.15, 0.2) is 23.1 Å². The van der Waals surface area contributed by atoms with Crippen molar-refractivity contribution in [3.63, 3.8) is 0 Å². The zero-order chi connectivity index (χ0) is 25.1. The van der Waals surface area contributed by atoms with Crippen molar-refractivity contribution in [1.82, 2.24) is 30.2 Å². The molecule has 0 unspecified atom stereocenters. The molecule has 0 aliphatic rings. The second-order valence-corrected chi connectivity index (χ2v) is 7.79. The molecule has 2 aromatic carbocycles. The number of ether oxygens (including phenoxy) is 1. The van der Waals surface area contributed by atoms with E-state index in [0.717, 1.165) is 5.52 Å². The van der Waals surface area contributed by atoms with Gasteiger partial charge in [0, 0.05) is 23.7 Å².